The van der Waals surface area contributed by atoms with E-state index in [1.165, 1.54) is 5.32 Å². The monoisotopic (exact) mass is 243 g/mol. The first kappa shape index (κ1) is 14.0. The number of carbonyl (C=O) groups excluding carboxylic acids is 2. The van der Waals surface area contributed by atoms with Crippen LogP contribution in [0.15, 0.2) is 0 Å². The zero-order valence-corrected chi connectivity index (χ0v) is 7.67. The maximum absolute atomic E-state index is 11.8. The van der Waals surface area contributed by atoms with Crippen LogP contribution in [0, 0.1) is 0 Å². The van der Waals surface area contributed by atoms with Crippen LogP contribution < -0.4 is 16.4 Å². The number of aliphatic carboxylic acids is 1. The van der Waals surface area contributed by atoms with Crippen LogP contribution in [0.25, 0.3) is 0 Å². The van der Waals surface area contributed by atoms with Gasteiger partial charge in [0.1, 0.15) is 6.04 Å². The van der Waals surface area contributed by atoms with Crippen LogP contribution in [0.3, 0.4) is 0 Å². The summed E-state index contributed by atoms with van der Waals surface area (Å²) in [6.45, 7) is -0.744. The fraction of sp³-hybridized carbons (Fsp3) is 0.500. The smallest absolute Gasteiger partial charge is 0.471 e. The summed E-state index contributed by atoms with van der Waals surface area (Å²) in [4.78, 5) is 31.0. The molecule has 1 atom stereocenters. The third-order valence-corrected chi connectivity index (χ3v) is 1.34. The van der Waals surface area contributed by atoms with E-state index in [4.69, 9.17) is 5.11 Å². The van der Waals surface area contributed by atoms with Crippen molar-refractivity contribution >= 4 is 17.9 Å². The second-order valence-corrected chi connectivity index (χ2v) is 2.61. The Labute approximate surface area is 86.8 Å². The molecule has 5 N–H and O–H groups in total. The molecule has 0 aromatic heterocycles. The van der Waals surface area contributed by atoms with E-state index < -0.39 is 36.7 Å². The maximum atomic E-state index is 11.8. The van der Waals surface area contributed by atoms with Crippen LogP contribution in [0.4, 0.5) is 18.0 Å². The molecule has 3 amide bonds. The summed E-state index contributed by atoms with van der Waals surface area (Å²) in [5.74, 6) is -4.14. The predicted octanol–water partition coefficient (Wildman–Crippen LogP) is -1.21. The first-order chi connectivity index (χ1) is 7.14. The quantitative estimate of drug-likeness (QED) is 0.494. The molecule has 16 heavy (non-hydrogen) atoms. The van der Waals surface area contributed by atoms with Crippen molar-refractivity contribution < 1.29 is 32.7 Å². The molecule has 7 nitrogen and oxygen atoms in total. The number of amides is 3. The highest BCUT2D eigenvalue weighted by Crippen LogP contribution is 2.14. The van der Waals surface area contributed by atoms with E-state index in [1.54, 1.807) is 5.32 Å². The van der Waals surface area contributed by atoms with Crippen LogP contribution >= 0.6 is 0 Å². The second kappa shape index (κ2) is 5.19. The summed E-state index contributed by atoms with van der Waals surface area (Å²) in [6, 6.07) is -3.02. The van der Waals surface area contributed by atoms with E-state index >= 15 is 0 Å². The van der Waals surface area contributed by atoms with Crippen molar-refractivity contribution in [2.45, 2.75) is 12.2 Å². The number of rotatable bonds is 4. The molecule has 0 bridgehead atoms. The van der Waals surface area contributed by atoms with Crippen LogP contribution in [0.2, 0.25) is 0 Å². The van der Waals surface area contributed by atoms with Gasteiger partial charge >= 0.3 is 24.1 Å². The van der Waals surface area contributed by atoms with Gasteiger partial charge in [-0.05, 0) is 0 Å². The van der Waals surface area contributed by atoms with Crippen molar-refractivity contribution in [1.82, 2.24) is 10.6 Å². The Morgan fingerprint density at radius 1 is 1.31 bits per heavy atom. The molecule has 92 valence electrons. The van der Waals surface area contributed by atoms with Gasteiger partial charge in [0.2, 0.25) is 0 Å². The number of hydrogen-bond acceptors (Lipinski definition) is 3. The minimum Gasteiger partial charge on any atom is -0.480 e. The van der Waals surface area contributed by atoms with Gasteiger partial charge in [0.05, 0.1) is 6.54 Å². The molecule has 0 rings (SSSR count). The molecule has 0 aliphatic rings. The fourth-order valence-corrected chi connectivity index (χ4v) is 0.643. The summed E-state index contributed by atoms with van der Waals surface area (Å²) in [5.41, 5.74) is 4.58. The van der Waals surface area contributed by atoms with E-state index in [2.05, 4.69) is 5.73 Å². The van der Waals surface area contributed by atoms with Gasteiger partial charge < -0.3 is 21.5 Å². The SMILES string of the molecule is NC(=O)NC[C@H](NC(=O)C(F)(F)F)C(=O)O. The number of urea groups is 1. The van der Waals surface area contributed by atoms with Gasteiger partial charge in [-0.3, -0.25) is 4.79 Å². The molecule has 0 saturated heterocycles. The Hall–Kier alpha value is -2.00. The molecule has 0 unspecified atom stereocenters. The number of primary amides is 1. The number of nitrogens with two attached hydrogens (primary N) is 1. The molecule has 0 aromatic carbocycles. The average Bonchev–Trinajstić information content (AvgIpc) is 2.09. The van der Waals surface area contributed by atoms with Crippen molar-refractivity contribution in [3.8, 4) is 0 Å². The highest BCUT2D eigenvalue weighted by atomic mass is 19.4. The molecule has 0 heterocycles. The lowest BCUT2D eigenvalue weighted by atomic mass is 10.3. The third-order valence-electron chi connectivity index (χ3n) is 1.34. The number of halogens is 3. The first-order valence-corrected chi connectivity index (χ1v) is 3.78. The van der Waals surface area contributed by atoms with Gasteiger partial charge in [-0.1, -0.05) is 0 Å². The van der Waals surface area contributed by atoms with Crippen molar-refractivity contribution in [2.75, 3.05) is 6.54 Å². The second-order valence-electron chi connectivity index (χ2n) is 2.61. The Bertz CT molecular complexity index is 304. The molecule has 10 heteroatoms. The highest BCUT2D eigenvalue weighted by molar-refractivity contribution is 5.87. The molecule has 0 fully saturated rings. The lowest BCUT2D eigenvalue weighted by molar-refractivity contribution is -0.175. The van der Waals surface area contributed by atoms with Gasteiger partial charge in [0.25, 0.3) is 0 Å². The Balaban J connectivity index is 4.41. The van der Waals surface area contributed by atoms with Crippen molar-refractivity contribution in [2.24, 2.45) is 5.73 Å². The first-order valence-electron chi connectivity index (χ1n) is 3.78. The molecule has 0 saturated carbocycles. The summed E-state index contributed by atoms with van der Waals surface area (Å²) < 4.78 is 35.3. The van der Waals surface area contributed by atoms with Crippen molar-refractivity contribution in [1.29, 1.82) is 0 Å². The zero-order valence-electron chi connectivity index (χ0n) is 7.67. The largest absolute Gasteiger partial charge is 0.480 e. The van der Waals surface area contributed by atoms with Gasteiger partial charge in [0.15, 0.2) is 0 Å². The molecular weight excluding hydrogens is 235 g/mol. The molecule has 0 spiro atoms. The van der Waals surface area contributed by atoms with E-state index in [0.29, 0.717) is 0 Å². The number of hydrogen-bond donors (Lipinski definition) is 4. The van der Waals surface area contributed by atoms with Crippen LogP contribution in [0.1, 0.15) is 0 Å². The summed E-state index contributed by atoms with van der Waals surface area (Å²) >= 11 is 0. The van der Waals surface area contributed by atoms with E-state index in [1.807, 2.05) is 0 Å². The van der Waals surface area contributed by atoms with Gasteiger partial charge in [-0.15, -0.1) is 0 Å². The van der Waals surface area contributed by atoms with Crippen molar-refractivity contribution in [3.63, 3.8) is 0 Å². The minimum absolute atomic E-state index is 0.744. The fourth-order valence-electron chi connectivity index (χ4n) is 0.643. The average molecular weight is 243 g/mol. The number of alkyl halides is 3. The lowest BCUT2D eigenvalue weighted by Crippen LogP contribution is -2.52. The normalized spacial score (nSPS) is 12.7. The summed E-state index contributed by atoms with van der Waals surface area (Å²) in [7, 11) is 0. The summed E-state index contributed by atoms with van der Waals surface area (Å²) in [6.07, 6.45) is -5.19. The minimum atomic E-state index is -5.19. The standard InChI is InChI=1S/C6H8F3N3O4/c7-6(8,9)4(15)12-2(3(13)14)1-11-5(10)16/h2H,1H2,(H,12,15)(H,13,14)(H3,10,11,16)/t2-/m0/s1. The lowest BCUT2D eigenvalue weighted by Gasteiger charge is -2.15. The number of carbonyl (C=O) groups is 3. The topological polar surface area (TPSA) is 122 Å². The van der Waals surface area contributed by atoms with Gasteiger partial charge in [-0.2, -0.15) is 13.2 Å². The number of carboxylic acid groups (broad SMARTS) is 1. The molecular formula is C6H8F3N3O4. The third kappa shape index (κ3) is 5.02. The van der Waals surface area contributed by atoms with Gasteiger partial charge in [0, 0.05) is 0 Å². The maximum Gasteiger partial charge on any atom is 0.471 e. The number of nitrogens with one attached hydrogen (secondary N) is 2. The molecule has 0 aliphatic heterocycles. The van der Waals surface area contributed by atoms with Crippen molar-refractivity contribution in [3.05, 3.63) is 0 Å². The molecule has 0 aromatic rings. The molecule has 0 radical (unpaired) electrons. The van der Waals surface area contributed by atoms with Crippen LogP contribution in [-0.4, -0.2) is 41.8 Å². The Morgan fingerprint density at radius 3 is 2.12 bits per heavy atom. The van der Waals surface area contributed by atoms with E-state index in [0.717, 1.165) is 0 Å². The Kier molecular flexibility index (Phi) is 4.54. The highest BCUT2D eigenvalue weighted by Gasteiger charge is 2.40. The van der Waals surface area contributed by atoms with Gasteiger partial charge in [-0.25, -0.2) is 9.59 Å². The van der Waals surface area contributed by atoms with Crippen LogP contribution in [0.5, 0.6) is 0 Å². The van der Waals surface area contributed by atoms with E-state index in [-0.39, 0.29) is 0 Å². The summed E-state index contributed by atoms with van der Waals surface area (Å²) in [5, 5.41) is 11.4. The number of carboxylic acids is 1. The van der Waals surface area contributed by atoms with E-state index in [9.17, 15) is 27.6 Å². The predicted molar refractivity (Wildman–Crippen MR) is 43.2 cm³/mol. The molecule has 0 aliphatic carbocycles. The van der Waals surface area contributed by atoms with Crippen LogP contribution in [-0.2, 0) is 9.59 Å². The Morgan fingerprint density at radius 2 is 1.81 bits per heavy atom. The zero-order chi connectivity index (χ0) is 12.9.